The van der Waals surface area contributed by atoms with Crippen molar-refractivity contribution in [1.82, 2.24) is 10.3 Å². The molecule has 5 heteroatoms. The third-order valence-electron chi connectivity index (χ3n) is 1.88. The minimum absolute atomic E-state index is 0.0889. The van der Waals surface area contributed by atoms with Crippen LogP contribution in [0.25, 0.3) is 0 Å². The molecule has 1 aliphatic rings. The predicted molar refractivity (Wildman–Crippen MR) is 44.2 cm³/mol. The van der Waals surface area contributed by atoms with Gasteiger partial charge in [-0.1, -0.05) is 0 Å². The normalized spacial score (nSPS) is 31.6. The van der Waals surface area contributed by atoms with Gasteiger partial charge in [-0.3, -0.25) is 10.2 Å². The highest BCUT2D eigenvalue weighted by Crippen LogP contribution is 2.08. The zero-order valence-corrected chi connectivity index (χ0v) is 7.41. The van der Waals surface area contributed by atoms with E-state index < -0.39 is 6.10 Å². The van der Waals surface area contributed by atoms with E-state index >= 15 is 0 Å². The number of ether oxygens (including phenoxy) is 1. The fourth-order valence-electron chi connectivity index (χ4n) is 1.40. The molecule has 70 valence electrons. The van der Waals surface area contributed by atoms with Crippen LogP contribution in [0.5, 0.6) is 0 Å². The quantitative estimate of drug-likeness (QED) is 0.294. The zero-order chi connectivity index (χ0) is 9.14. The molecule has 0 spiro atoms. The summed E-state index contributed by atoms with van der Waals surface area (Å²) < 4.78 is 5.38. The van der Waals surface area contributed by atoms with E-state index in [0.29, 0.717) is 6.54 Å². The molecule has 0 saturated carbocycles. The fourth-order valence-corrected chi connectivity index (χ4v) is 1.40. The minimum atomic E-state index is -0.427. The van der Waals surface area contributed by atoms with Gasteiger partial charge in [0, 0.05) is 13.1 Å². The van der Waals surface area contributed by atoms with Gasteiger partial charge < -0.3 is 9.64 Å². The monoisotopic (exact) mass is 173 g/mol. The largest absolute Gasteiger partial charge is 0.363 e. The van der Waals surface area contributed by atoms with Gasteiger partial charge >= 0.3 is 0 Å². The van der Waals surface area contributed by atoms with E-state index in [9.17, 15) is 4.79 Å². The van der Waals surface area contributed by atoms with Crippen molar-refractivity contribution in [3.8, 4) is 0 Å². The summed E-state index contributed by atoms with van der Waals surface area (Å²) in [6.07, 6.45) is -0.338. The van der Waals surface area contributed by atoms with Crippen LogP contribution in [-0.2, 0) is 9.53 Å². The van der Waals surface area contributed by atoms with Gasteiger partial charge in [-0.25, -0.2) is 5.84 Å². The first kappa shape index (κ1) is 9.44. The van der Waals surface area contributed by atoms with Crippen molar-refractivity contribution in [1.29, 1.82) is 0 Å². The number of hydrogen-bond donors (Lipinski definition) is 2. The number of nitrogens with two attached hydrogens (primary N) is 1. The summed E-state index contributed by atoms with van der Waals surface area (Å²) in [6.45, 7) is 3.40. The van der Waals surface area contributed by atoms with Crippen LogP contribution < -0.4 is 11.3 Å². The third-order valence-corrected chi connectivity index (χ3v) is 1.88. The number of hydrogen-bond acceptors (Lipinski definition) is 4. The van der Waals surface area contributed by atoms with Gasteiger partial charge in [-0.15, -0.1) is 0 Å². The van der Waals surface area contributed by atoms with Crippen LogP contribution in [0.15, 0.2) is 0 Å². The molecule has 0 aromatic heterocycles. The molecule has 5 nitrogen and oxygen atoms in total. The molecule has 0 bridgehead atoms. The first-order chi connectivity index (χ1) is 5.63. The third kappa shape index (κ3) is 2.17. The molecule has 3 N–H and O–H groups in total. The van der Waals surface area contributed by atoms with Gasteiger partial charge in [0.2, 0.25) is 0 Å². The summed E-state index contributed by atoms with van der Waals surface area (Å²) in [5, 5.41) is 0. The highest BCUT2D eigenvalue weighted by atomic mass is 16.5. The number of carbonyl (C=O) groups excluding carboxylic acids is 1. The Bertz CT molecular complexity index is 164. The number of nitrogens with zero attached hydrogens (tertiary/aromatic N) is 1. The SMILES string of the molecule is C[C@@H]1CN(C)C[C@@H](C(=O)NN)O1. The number of likely N-dealkylation sites (N-methyl/N-ethyl adjacent to an activating group) is 1. The summed E-state index contributed by atoms with van der Waals surface area (Å²) in [4.78, 5) is 13.1. The van der Waals surface area contributed by atoms with Gasteiger partial charge in [0.05, 0.1) is 6.10 Å². The smallest absolute Gasteiger partial charge is 0.264 e. The van der Waals surface area contributed by atoms with Crippen molar-refractivity contribution >= 4 is 5.91 Å². The summed E-state index contributed by atoms with van der Waals surface area (Å²) in [5.74, 6) is 4.74. The van der Waals surface area contributed by atoms with E-state index in [4.69, 9.17) is 10.6 Å². The standard InChI is InChI=1S/C7H15N3O2/c1-5-3-10(2)4-6(12-5)7(11)9-8/h5-6H,3-4,8H2,1-2H3,(H,9,11)/t5-,6+/m1/s1. The second kappa shape index (κ2) is 3.84. The maximum atomic E-state index is 11.1. The van der Waals surface area contributed by atoms with E-state index in [2.05, 4.69) is 5.43 Å². The molecule has 1 amide bonds. The van der Waals surface area contributed by atoms with Gasteiger partial charge in [0.15, 0.2) is 6.10 Å². The lowest BCUT2D eigenvalue weighted by molar-refractivity contribution is -0.144. The highest BCUT2D eigenvalue weighted by molar-refractivity contribution is 5.80. The van der Waals surface area contributed by atoms with Crippen LogP contribution in [0.2, 0.25) is 0 Å². The topological polar surface area (TPSA) is 67.6 Å². The number of hydrazine groups is 1. The Balaban J connectivity index is 2.49. The van der Waals surface area contributed by atoms with E-state index in [1.54, 1.807) is 0 Å². The summed E-state index contributed by atoms with van der Waals surface area (Å²) in [7, 11) is 1.95. The average Bonchev–Trinajstić information content (AvgIpc) is 2.01. The van der Waals surface area contributed by atoms with Crippen molar-refractivity contribution < 1.29 is 9.53 Å². The molecule has 0 aliphatic carbocycles. The van der Waals surface area contributed by atoms with Crippen molar-refractivity contribution in [2.45, 2.75) is 19.1 Å². The number of rotatable bonds is 1. The second-order valence-electron chi connectivity index (χ2n) is 3.17. The Kier molecular flexibility index (Phi) is 3.02. The molecule has 0 aromatic carbocycles. The summed E-state index contributed by atoms with van der Waals surface area (Å²) >= 11 is 0. The molecule has 1 fully saturated rings. The molecule has 0 unspecified atom stereocenters. The minimum Gasteiger partial charge on any atom is -0.363 e. The second-order valence-corrected chi connectivity index (χ2v) is 3.17. The molecule has 12 heavy (non-hydrogen) atoms. The van der Waals surface area contributed by atoms with Crippen LogP contribution >= 0.6 is 0 Å². The van der Waals surface area contributed by atoms with Crippen molar-refractivity contribution in [3.63, 3.8) is 0 Å². The number of morpholine rings is 1. The van der Waals surface area contributed by atoms with Crippen LogP contribution in [0.3, 0.4) is 0 Å². The van der Waals surface area contributed by atoms with Crippen molar-refractivity contribution in [3.05, 3.63) is 0 Å². The van der Waals surface area contributed by atoms with Crippen LogP contribution in [0.4, 0.5) is 0 Å². The number of carbonyl (C=O) groups is 1. The molecule has 1 aliphatic heterocycles. The molecule has 2 atom stereocenters. The molecular weight excluding hydrogens is 158 g/mol. The molecule has 1 heterocycles. The Morgan fingerprint density at radius 1 is 1.67 bits per heavy atom. The first-order valence-electron chi connectivity index (χ1n) is 3.98. The van der Waals surface area contributed by atoms with Gasteiger partial charge in [-0.05, 0) is 14.0 Å². The Labute approximate surface area is 71.8 Å². The van der Waals surface area contributed by atoms with Crippen molar-refractivity contribution in [2.75, 3.05) is 20.1 Å². The lowest BCUT2D eigenvalue weighted by Gasteiger charge is -2.33. The highest BCUT2D eigenvalue weighted by Gasteiger charge is 2.27. The summed E-state index contributed by atoms with van der Waals surface area (Å²) in [5.41, 5.74) is 2.09. The summed E-state index contributed by atoms with van der Waals surface area (Å²) in [6, 6.07) is 0. The van der Waals surface area contributed by atoms with E-state index in [0.717, 1.165) is 6.54 Å². The molecule has 1 saturated heterocycles. The van der Waals surface area contributed by atoms with Gasteiger partial charge in [0.25, 0.3) is 5.91 Å². The van der Waals surface area contributed by atoms with E-state index in [-0.39, 0.29) is 12.0 Å². The zero-order valence-electron chi connectivity index (χ0n) is 7.41. The lowest BCUT2D eigenvalue weighted by Crippen LogP contribution is -2.52. The first-order valence-corrected chi connectivity index (χ1v) is 3.98. The predicted octanol–water partition coefficient (Wildman–Crippen LogP) is -1.30. The Hall–Kier alpha value is -0.650. The number of nitrogens with one attached hydrogen (secondary N) is 1. The molecular formula is C7H15N3O2. The molecule has 0 radical (unpaired) electrons. The number of amides is 1. The Morgan fingerprint density at radius 3 is 2.83 bits per heavy atom. The fraction of sp³-hybridized carbons (Fsp3) is 0.857. The van der Waals surface area contributed by atoms with E-state index in [1.807, 2.05) is 18.9 Å². The maximum Gasteiger partial charge on any atom is 0.264 e. The average molecular weight is 173 g/mol. The van der Waals surface area contributed by atoms with Crippen molar-refractivity contribution in [2.24, 2.45) is 5.84 Å². The molecule has 0 aromatic rings. The van der Waals surface area contributed by atoms with Gasteiger partial charge in [0.1, 0.15) is 0 Å². The van der Waals surface area contributed by atoms with Gasteiger partial charge in [-0.2, -0.15) is 0 Å². The van der Waals surface area contributed by atoms with E-state index in [1.165, 1.54) is 0 Å². The van der Waals surface area contributed by atoms with Crippen LogP contribution in [-0.4, -0.2) is 43.2 Å². The molecule has 1 rings (SSSR count). The lowest BCUT2D eigenvalue weighted by atomic mass is 10.2. The van der Waals surface area contributed by atoms with Crippen LogP contribution in [0.1, 0.15) is 6.92 Å². The van der Waals surface area contributed by atoms with Crippen LogP contribution in [0, 0.1) is 0 Å². The Morgan fingerprint density at radius 2 is 2.33 bits per heavy atom. The maximum absolute atomic E-state index is 11.1.